The smallest absolute Gasteiger partial charge is 0.352 e. The highest BCUT2D eigenvalue weighted by Gasteiger charge is 2.35. The summed E-state index contributed by atoms with van der Waals surface area (Å²) in [5.74, 6) is -1.97. The summed E-state index contributed by atoms with van der Waals surface area (Å²) in [6.07, 6.45) is 0.546. The first-order chi connectivity index (χ1) is 9.89. The third-order valence-corrected chi connectivity index (χ3v) is 3.82. The Bertz CT molecular complexity index is 507. The second-order valence-corrected chi connectivity index (χ2v) is 5.38. The van der Waals surface area contributed by atoms with Crippen molar-refractivity contribution in [2.45, 2.75) is 38.3 Å². The molecular weight excluding hydrogens is 286 g/mol. The van der Waals surface area contributed by atoms with E-state index < -0.39 is 29.0 Å². The van der Waals surface area contributed by atoms with E-state index in [1.165, 1.54) is 6.42 Å². The number of rotatable bonds is 3. The predicted molar refractivity (Wildman–Crippen MR) is 70.3 cm³/mol. The largest absolute Gasteiger partial charge is 0.419 e. The number of nitrogens with one attached hydrogen (secondary N) is 1. The molecule has 1 aromatic carbocycles. The summed E-state index contributed by atoms with van der Waals surface area (Å²) < 4.78 is 51.6. The van der Waals surface area contributed by atoms with Gasteiger partial charge >= 0.3 is 6.18 Å². The molecule has 1 fully saturated rings. The van der Waals surface area contributed by atoms with Crippen LogP contribution in [0.15, 0.2) is 18.2 Å². The summed E-state index contributed by atoms with van der Waals surface area (Å²) in [7, 11) is 0. The zero-order chi connectivity index (χ0) is 15.5. The second kappa shape index (κ2) is 6.45. The number of amides is 1. The molecule has 0 saturated heterocycles. The maximum Gasteiger partial charge on any atom is 0.419 e. The Morgan fingerprint density at radius 3 is 2.48 bits per heavy atom. The van der Waals surface area contributed by atoms with E-state index in [1.54, 1.807) is 0 Å². The summed E-state index contributed by atoms with van der Waals surface area (Å²) >= 11 is 0. The van der Waals surface area contributed by atoms with E-state index in [-0.39, 0.29) is 0 Å². The normalized spacial score (nSPS) is 16.8. The van der Waals surface area contributed by atoms with Gasteiger partial charge < -0.3 is 5.32 Å². The molecule has 1 aliphatic carbocycles. The van der Waals surface area contributed by atoms with Gasteiger partial charge in [-0.3, -0.25) is 4.79 Å². The van der Waals surface area contributed by atoms with Crippen molar-refractivity contribution in [3.05, 3.63) is 35.1 Å². The van der Waals surface area contributed by atoms with Crippen LogP contribution in [0.1, 0.15) is 48.0 Å². The average molecular weight is 303 g/mol. The van der Waals surface area contributed by atoms with Gasteiger partial charge in [-0.1, -0.05) is 25.3 Å². The van der Waals surface area contributed by atoms with Crippen LogP contribution >= 0.6 is 0 Å². The van der Waals surface area contributed by atoms with Crippen LogP contribution in [-0.4, -0.2) is 12.5 Å². The molecule has 1 aliphatic rings. The van der Waals surface area contributed by atoms with Crippen LogP contribution in [0.5, 0.6) is 0 Å². The van der Waals surface area contributed by atoms with Crippen molar-refractivity contribution in [3.63, 3.8) is 0 Å². The van der Waals surface area contributed by atoms with Crippen LogP contribution in [-0.2, 0) is 6.18 Å². The minimum absolute atomic E-state index is 0.330. The Labute approximate surface area is 120 Å². The minimum Gasteiger partial charge on any atom is -0.352 e. The number of hydrogen-bond donors (Lipinski definition) is 1. The molecule has 116 valence electrons. The predicted octanol–water partition coefficient (Wildman–Crippen LogP) is 4.15. The molecule has 21 heavy (non-hydrogen) atoms. The Balaban J connectivity index is 2.05. The molecule has 6 heteroatoms. The lowest BCUT2D eigenvalue weighted by Gasteiger charge is -2.21. The molecule has 0 aromatic heterocycles. The summed E-state index contributed by atoms with van der Waals surface area (Å²) in [4.78, 5) is 11.9. The van der Waals surface area contributed by atoms with Crippen molar-refractivity contribution in [1.82, 2.24) is 5.32 Å². The number of benzene rings is 1. The van der Waals surface area contributed by atoms with Crippen molar-refractivity contribution >= 4 is 5.91 Å². The Kier molecular flexibility index (Phi) is 4.85. The number of carbonyl (C=O) groups excluding carboxylic acids is 1. The van der Waals surface area contributed by atoms with Crippen molar-refractivity contribution < 1.29 is 22.4 Å². The third kappa shape index (κ3) is 3.95. The number of hydrogen-bond acceptors (Lipinski definition) is 1. The molecule has 2 rings (SSSR count). The highest BCUT2D eigenvalue weighted by atomic mass is 19.4. The maximum absolute atomic E-state index is 13.8. The van der Waals surface area contributed by atoms with Crippen molar-refractivity contribution in [1.29, 1.82) is 0 Å². The molecule has 1 saturated carbocycles. The third-order valence-electron chi connectivity index (χ3n) is 3.82. The van der Waals surface area contributed by atoms with Crippen molar-refractivity contribution in [3.8, 4) is 0 Å². The highest BCUT2D eigenvalue weighted by Crippen LogP contribution is 2.32. The van der Waals surface area contributed by atoms with Gasteiger partial charge in [-0.25, -0.2) is 4.39 Å². The SMILES string of the molecule is O=C(NCC1CCCCC1)c1cccc(C(F)(F)F)c1F. The van der Waals surface area contributed by atoms with E-state index >= 15 is 0 Å². The summed E-state index contributed by atoms with van der Waals surface area (Å²) in [6, 6.07) is 2.75. The Morgan fingerprint density at radius 1 is 1.19 bits per heavy atom. The standard InChI is InChI=1S/C15H17F4NO/c16-13-11(7-4-8-12(13)15(17,18)19)14(21)20-9-10-5-2-1-3-6-10/h4,7-8,10H,1-3,5-6,9H2,(H,20,21). The van der Waals surface area contributed by atoms with Gasteiger partial charge in [0.1, 0.15) is 5.82 Å². The summed E-state index contributed by atoms with van der Waals surface area (Å²) in [5, 5.41) is 2.54. The molecule has 0 aliphatic heterocycles. The van der Waals surface area contributed by atoms with Crippen LogP contribution < -0.4 is 5.32 Å². The molecular formula is C15H17F4NO. The van der Waals surface area contributed by atoms with Crippen LogP contribution in [0.2, 0.25) is 0 Å². The van der Waals surface area contributed by atoms with Crippen LogP contribution in [0.3, 0.4) is 0 Å². The van der Waals surface area contributed by atoms with Gasteiger partial charge in [0.25, 0.3) is 5.91 Å². The van der Waals surface area contributed by atoms with Gasteiger partial charge in [-0.2, -0.15) is 13.2 Å². The fraction of sp³-hybridized carbons (Fsp3) is 0.533. The van der Waals surface area contributed by atoms with Crippen molar-refractivity contribution in [2.75, 3.05) is 6.54 Å². The lowest BCUT2D eigenvalue weighted by atomic mass is 9.89. The first-order valence-corrected chi connectivity index (χ1v) is 7.03. The summed E-state index contributed by atoms with van der Waals surface area (Å²) in [5.41, 5.74) is -1.96. The van der Waals surface area contributed by atoms with Crippen LogP contribution in [0, 0.1) is 11.7 Å². The van der Waals surface area contributed by atoms with Gasteiger partial charge in [0, 0.05) is 6.54 Å². The van der Waals surface area contributed by atoms with E-state index in [0.717, 1.165) is 37.8 Å². The number of carbonyl (C=O) groups is 1. The lowest BCUT2D eigenvalue weighted by Crippen LogP contribution is -2.31. The van der Waals surface area contributed by atoms with Gasteiger partial charge in [0.05, 0.1) is 11.1 Å². The topological polar surface area (TPSA) is 29.1 Å². The number of alkyl halides is 3. The number of halogens is 4. The summed E-state index contributed by atoms with van der Waals surface area (Å²) in [6.45, 7) is 0.383. The molecule has 0 atom stereocenters. The fourth-order valence-corrected chi connectivity index (χ4v) is 2.65. The molecule has 0 spiro atoms. The van der Waals surface area contributed by atoms with Crippen LogP contribution in [0.4, 0.5) is 17.6 Å². The van der Waals surface area contributed by atoms with E-state index in [0.29, 0.717) is 18.5 Å². The monoisotopic (exact) mass is 303 g/mol. The zero-order valence-corrected chi connectivity index (χ0v) is 11.5. The van der Waals surface area contributed by atoms with Gasteiger partial charge in [-0.15, -0.1) is 0 Å². The van der Waals surface area contributed by atoms with Crippen molar-refractivity contribution in [2.24, 2.45) is 5.92 Å². The van der Waals surface area contributed by atoms with Gasteiger partial charge in [0.15, 0.2) is 0 Å². The molecule has 1 N–H and O–H groups in total. The Hall–Kier alpha value is -1.59. The average Bonchev–Trinajstić information content (AvgIpc) is 2.45. The Morgan fingerprint density at radius 2 is 1.86 bits per heavy atom. The van der Waals surface area contributed by atoms with Crippen LogP contribution in [0.25, 0.3) is 0 Å². The molecule has 1 amide bonds. The molecule has 0 bridgehead atoms. The first-order valence-electron chi connectivity index (χ1n) is 7.03. The lowest BCUT2D eigenvalue weighted by molar-refractivity contribution is -0.140. The van der Waals surface area contributed by atoms with E-state index in [2.05, 4.69) is 5.32 Å². The zero-order valence-electron chi connectivity index (χ0n) is 11.5. The quantitative estimate of drug-likeness (QED) is 0.835. The van der Waals surface area contributed by atoms with E-state index in [9.17, 15) is 22.4 Å². The van der Waals surface area contributed by atoms with E-state index in [1.807, 2.05) is 0 Å². The van der Waals surface area contributed by atoms with Gasteiger partial charge in [0.2, 0.25) is 0 Å². The molecule has 1 aromatic rings. The fourth-order valence-electron chi connectivity index (χ4n) is 2.65. The highest BCUT2D eigenvalue weighted by molar-refractivity contribution is 5.94. The molecule has 0 heterocycles. The minimum atomic E-state index is -4.80. The molecule has 0 unspecified atom stereocenters. The van der Waals surface area contributed by atoms with Gasteiger partial charge in [-0.05, 0) is 30.9 Å². The van der Waals surface area contributed by atoms with E-state index in [4.69, 9.17) is 0 Å². The second-order valence-electron chi connectivity index (χ2n) is 5.38. The molecule has 0 radical (unpaired) electrons. The maximum atomic E-state index is 13.8. The first kappa shape index (κ1) is 15.8. The molecule has 2 nitrogen and oxygen atoms in total.